The molecule has 1 aromatic rings. The number of hydrogen-bond donors (Lipinski definition) is 2. The van der Waals surface area contributed by atoms with Crippen LogP contribution in [-0.2, 0) is 10.0 Å². The van der Waals surface area contributed by atoms with Gasteiger partial charge in [-0.1, -0.05) is 13.3 Å². The molecule has 0 amide bonds. The molecular weight excluding hydrogens is 274 g/mol. The van der Waals surface area contributed by atoms with Crippen molar-refractivity contribution in [2.24, 2.45) is 5.41 Å². The minimum absolute atomic E-state index is 0.000207. The van der Waals surface area contributed by atoms with Gasteiger partial charge in [0.2, 0.25) is 10.0 Å². The molecule has 1 aliphatic rings. The monoisotopic (exact) mass is 293 g/mol. The first-order valence-electron chi connectivity index (χ1n) is 6.72. The molecule has 20 heavy (non-hydrogen) atoms. The van der Waals surface area contributed by atoms with Crippen LogP contribution in [0.25, 0.3) is 0 Å². The number of rotatable bonds is 5. The van der Waals surface area contributed by atoms with Crippen molar-refractivity contribution in [3.05, 3.63) is 23.8 Å². The molecule has 1 fully saturated rings. The summed E-state index contributed by atoms with van der Waals surface area (Å²) in [6.45, 7) is 2.51. The second kappa shape index (κ2) is 5.43. The minimum atomic E-state index is -3.67. The van der Waals surface area contributed by atoms with Crippen LogP contribution in [-0.4, -0.2) is 15.0 Å². The van der Waals surface area contributed by atoms with E-state index in [1.54, 1.807) is 0 Å². The maximum Gasteiger partial charge on any atom is 0.241 e. The van der Waals surface area contributed by atoms with E-state index in [0.717, 1.165) is 25.7 Å². The van der Waals surface area contributed by atoms with Crippen molar-refractivity contribution < 1.29 is 8.42 Å². The first-order valence-corrected chi connectivity index (χ1v) is 8.20. The number of nitriles is 1. The third-order valence-electron chi connectivity index (χ3n) is 4.21. The van der Waals surface area contributed by atoms with Gasteiger partial charge in [-0.05, 0) is 42.9 Å². The lowest BCUT2D eigenvalue weighted by Crippen LogP contribution is -2.41. The van der Waals surface area contributed by atoms with E-state index in [-0.39, 0.29) is 15.9 Å². The summed E-state index contributed by atoms with van der Waals surface area (Å²) in [4.78, 5) is -0.000207. The summed E-state index contributed by atoms with van der Waals surface area (Å²) in [6.07, 6.45) is 4.22. The molecule has 5 nitrogen and oxygen atoms in total. The molecule has 0 heterocycles. The molecule has 0 radical (unpaired) electrons. The predicted octanol–water partition coefficient (Wildman–Crippen LogP) is 2.00. The highest BCUT2D eigenvalue weighted by Crippen LogP contribution is 2.43. The van der Waals surface area contributed by atoms with Crippen LogP contribution in [0.3, 0.4) is 0 Å². The Balaban J connectivity index is 2.21. The van der Waals surface area contributed by atoms with Crippen LogP contribution in [0.2, 0.25) is 0 Å². The van der Waals surface area contributed by atoms with Crippen molar-refractivity contribution in [1.29, 1.82) is 5.26 Å². The Bertz CT molecular complexity index is 637. The standard InChI is InChI=1S/C14H19N3O2S/c1-2-14(6-3-7-14)10-17-20(18,19)13-5-4-12(16)8-11(13)9-15/h4-5,8,17H,2-3,6-7,10,16H2,1H3. The summed E-state index contributed by atoms with van der Waals surface area (Å²) < 4.78 is 27.3. The molecule has 0 atom stereocenters. The molecule has 0 unspecified atom stereocenters. The van der Waals surface area contributed by atoms with Gasteiger partial charge in [0.1, 0.15) is 6.07 Å². The van der Waals surface area contributed by atoms with Gasteiger partial charge in [0.05, 0.1) is 10.5 Å². The molecule has 0 bridgehead atoms. The number of nitrogen functional groups attached to an aromatic ring is 1. The Morgan fingerprint density at radius 2 is 2.15 bits per heavy atom. The van der Waals surface area contributed by atoms with Crippen molar-refractivity contribution in [2.45, 2.75) is 37.5 Å². The molecule has 1 saturated carbocycles. The number of nitrogens with one attached hydrogen (secondary N) is 1. The number of benzene rings is 1. The summed E-state index contributed by atoms with van der Waals surface area (Å²) in [5.74, 6) is 0. The Morgan fingerprint density at radius 1 is 1.45 bits per heavy atom. The van der Waals surface area contributed by atoms with Gasteiger partial charge < -0.3 is 5.73 Å². The van der Waals surface area contributed by atoms with E-state index in [1.165, 1.54) is 18.2 Å². The van der Waals surface area contributed by atoms with Crippen LogP contribution < -0.4 is 10.5 Å². The van der Waals surface area contributed by atoms with Crippen LogP contribution in [0, 0.1) is 16.7 Å². The molecule has 0 aliphatic heterocycles. The van der Waals surface area contributed by atoms with Gasteiger partial charge in [-0.25, -0.2) is 13.1 Å². The molecule has 1 aliphatic carbocycles. The van der Waals surface area contributed by atoms with Gasteiger partial charge in [-0.2, -0.15) is 5.26 Å². The minimum Gasteiger partial charge on any atom is -0.399 e. The van der Waals surface area contributed by atoms with Gasteiger partial charge in [0, 0.05) is 12.2 Å². The van der Waals surface area contributed by atoms with E-state index in [4.69, 9.17) is 11.0 Å². The van der Waals surface area contributed by atoms with Crippen molar-refractivity contribution in [3.8, 4) is 6.07 Å². The van der Waals surface area contributed by atoms with Crippen molar-refractivity contribution in [2.75, 3.05) is 12.3 Å². The zero-order valence-electron chi connectivity index (χ0n) is 11.5. The molecule has 108 valence electrons. The molecule has 0 aromatic heterocycles. The van der Waals surface area contributed by atoms with Crippen molar-refractivity contribution in [3.63, 3.8) is 0 Å². The van der Waals surface area contributed by atoms with E-state index in [0.29, 0.717) is 12.2 Å². The molecule has 3 N–H and O–H groups in total. The number of nitrogens with zero attached hydrogens (tertiary/aromatic N) is 1. The average molecular weight is 293 g/mol. The van der Waals surface area contributed by atoms with E-state index >= 15 is 0 Å². The highest BCUT2D eigenvalue weighted by Gasteiger charge is 2.36. The highest BCUT2D eigenvalue weighted by molar-refractivity contribution is 7.89. The normalized spacial score (nSPS) is 17.2. The number of sulfonamides is 1. The smallest absolute Gasteiger partial charge is 0.241 e. The van der Waals surface area contributed by atoms with E-state index < -0.39 is 10.0 Å². The van der Waals surface area contributed by atoms with Crippen LogP contribution in [0.1, 0.15) is 38.2 Å². The molecule has 6 heteroatoms. The molecule has 1 aromatic carbocycles. The Morgan fingerprint density at radius 3 is 2.65 bits per heavy atom. The zero-order valence-corrected chi connectivity index (χ0v) is 12.3. The fraction of sp³-hybridized carbons (Fsp3) is 0.500. The fourth-order valence-corrected chi connectivity index (χ4v) is 3.82. The van der Waals surface area contributed by atoms with Gasteiger partial charge in [0.15, 0.2) is 0 Å². The largest absolute Gasteiger partial charge is 0.399 e. The maximum atomic E-state index is 12.3. The van der Waals surface area contributed by atoms with E-state index in [2.05, 4.69) is 11.6 Å². The van der Waals surface area contributed by atoms with Gasteiger partial charge in [-0.15, -0.1) is 0 Å². The summed E-state index contributed by atoms with van der Waals surface area (Å²) in [5.41, 5.74) is 6.13. The van der Waals surface area contributed by atoms with Crippen LogP contribution >= 0.6 is 0 Å². The quantitative estimate of drug-likeness (QED) is 0.811. The Hall–Kier alpha value is -1.58. The lowest BCUT2D eigenvalue weighted by atomic mass is 9.67. The second-order valence-corrected chi connectivity index (χ2v) is 7.13. The SMILES string of the molecule is CCC1(CNS(=O)(=O)c2ccc(N)cc2C#N)CCC1. The lowest BCUT2D eigenvalue weighted by molar-refractivity contribution is 0.133. The highest BCUT2D eigenvalue weighted by atomic mass is 32.2. The van der Waals surface area contributed by atoms with Crippen LogP contribution in [0.15, 0.2) is 23.1 Å². The predicted molar refractivity (Wildman–Crippen MR) is 77.3 cm³/mol. The lowest BCUT2D eigenvalue weighted by Gasteiger charge is -2.41. The van der Waals surface area contributed by atoms with E-state index in [9.17, 15) is 8.42 Å². The van der Waals surface area contributed by atoms with Gasteiger partial charge >= 0.3 is 0 Å². The molecular formula is C14H19N3O2S. The van der Waals surface area contributed by atoms with Crippen molar-refractivity contribution in [1.82, 2.24) is 4.72 Å². The molecule has 0 spiro atoms. The zero-order chi connectivity index (χ0) is 14.8. The Labute approximate surface area is 119 Å². The van der Waals surface area contributed by atoms with Crippen LogP contribution in [0.4, 0.5) is 5.69 Å². The number of hydrogen-bond acceptors (Lipinski definition) is 4. The third kappa shape index (κ3) is 2.79. The van der Waals surface area contributed by atoms with Gasteiger partial charge in [-0.3, -0.25) is 0 Å². The second-order valence-electron chi connectivity index (χ2n) is 5.40. The first kappa shape index (κ1) is 14.8. The summed E-state index contributed by atoms with van der Waals surface area (Å²) in [5, 5.41) is 9.04. The summed E-state index contributed by atoms with van der Waals surface area (Å²) in [7, 11) is -3.67. The first-order chi connectivity index (χ1) is 9.42. The van der Waals surface area contributed by atoms with Crippen molar-refractivity contribution >= 4 is 15.7 Å². The maximum absolute atomic E-state index is 12.3. The number of anilines is 1. The van der Waals surface area contributed by atoms with Crippen LogP contribution in [0.5, 0.6) is 0 Å². The Kier molecular flexibility index (Phi) is 4.02. The fourth-order valence-electron chi connectivity index (χ4n) is 2.53. The van der Waals surface area contributed by atoms with Gasteiger partial charge in [0.25, 0.3) is 0 Å². The number of nitrogens with two attached hydrogens (primary N) is 1. The average Bonchev–Trinajstić information content (AvgIpc) is 2.37. The molecule has 2 rings (SSSR count). The summed E-state index contributed by atoms with van der Waals surface area (Å²) >= 11 is 0. The third-order valence-corrected chi connectivity index (χ3v) is 5.67. The topological polar surface area (TPSA) is 96.0 Å². The molecule has 0 saturated heterocycles. The van der Waals surface area contributed by atoms with E-state index in [1.807, 2.05) is 6.07 Å². The summed E-state index contributed by atoms with van der Waals surface area (Å²) in [6, 6.07) is 6.14.